The third kappa shape index (κ3) is 9.55. The van der Waals surface area contributed by atoms with Crippen LogP contribution < -0.4 is 30.6 Å². The van der Waals surface area contributed by atoms with E-state index in [1.54, 1.807) is 0 Å². The van der Waals surface area contributed by atoms with Gasteiger partial charge in [-0.05, 0) is 49.2 Å². The van der Waals surface area contributed by atoms with Gasteiger partial charge in [-0.25, -0.2) is 24.5 Å². The number of rotatable bonds is 16. The number of carboxylic acids is 1. The number of anilines is 2. The lowest BCUT2D eigenvalue weighted by atomic mass is 10.2. The molecule has 0 unspecified atom stereocenters. The fourth-order valence-corrected chi connectivity index (χ4v) is 3.44. The molecule has 18 heteroatoms. The topological polar surface area (TPSA) is 257 Å². The molecule has 0 atom stereocenters. The maximum Gasteiger partial charge on any atom is 0.356 e. The van der Waals surface area contributed by atoms with Crippen LogP contribution in [0.1, 0.15) is 51.7 Å². The number of nitrogens with one attached hydrogen (secondary N) is 2. The summed E-state index contributed by atoms with van der Waals surface area (Å²) < 4.78 is 20.9. The Kier molecular flexibility index (Phi) is 12.2. The van der Waals surface area contributed by atoms with Crippen LogP contribution in [0.15, 0.2) is 36.4 Å². The van der Waals surface area contributed by atoms with E-state index in [0.717, 1.165) is 19.2 Å². The van der Waals surface area contributed by atoms with Crippen molar-refractivity contribution in [3.63, 3.8) is 0 Å². The fraction of sp³-hybridized carbons (Fsp3) is 0.321. The van der Waals surface area contributed by atoms with Crippen LogP contribution in [0, 0.1) is 16.0 Å². The molecule has 0 aliphatic heterocycles. The standard InChI is InChI=1S/C28H31N7O11/c1-15(2)13-45-25-18(30-24(39)17-9-10-21(35(41)42)27(33-17)44-12-4-11-29)6-5-16(32-25)23(38)31-19-7-8-20(28(40)43-3)34-26(19)46-14-22(36)37/h5-10,15H,4,11-14,29H2,1-3H3,(H,30,39)(H,31,38)(H,36,37). The Morgan fingerprint density at radius 1 is 0.870 bits per heavy atom. The van der Waals surface area contributed by atoms with Gasteiger partial charge in [-0.15, -0.1) is 0 Å². The minimum absolute atomic E-state index is 0.0285. The molecule has 0 aliphatic carbocycles. The Morgan fingerprint density at radius 2 is 1.41 bits per heavy atom. The quantitative estimate of drug-likeness (QED) is 0.0757. The maximum atomic E-state index is 13.2. The summed E-state index contributed by atoms with van der Waals surface area (Å²) in [4.78, 5) is 72.0. The molecule has 0 bridgehead atoms. The second kappa shape index (κ2) is 16.2. The Bertz CT molecular complexity index is 1610. The van der Waals surface area contributed by atoms with Crippen LogP contribution in [0.3, 0.4) is 0 Å². The van der Waals surface area contributed by atoms with Crippen molar-refractivity contribution in [2.45, 2.75) is 20.3 Å². The Morgan fingerprint density at radius 3 is 1.96 bits per heavy atom. The molecule has 0 fully saturated rings. The number of methoxy groups -OCH3 is 1. The monoisotopic (exact) mass is 641 g/mol. The van der Waals surface area contributed by atoms with Crippen molar-refractivity contribution in [2.75, 3.05) is 44.1 Å². The van der Waals surface area contributed by atoms with Crippen molar-refractivity contribution in [3.05, 3.63) is 63.6 Å². The lowest BCUT2D eigenvalue weighted by Gasteiger charge is -2.15. The lowest BCUT2D eigenvalue weighted by Crippen LogP contribution is -2.20. The predicted molar refractivity (Wildman–Crippen MR) is 159 cm³/mol. The van der Waals surface area contributed by atoms with E-state index in [0.29, 0.717) is 6.42 Å². The Hall–Kier alpha value is -5.91. The van der Waals surface area contributed by atoms with Crippen LogP contribution in [-0.4, -0.2) is 82.2 Å². The zero-order valence-corrected chi connectivity index (χ0v) is 25.0. The smallest absolute Gasteiger partial charge is 0.356 e. The third-order valence-corrected chi connectivity index (χ3v) is 5.59. The van der Waals surface area contributed by atoms with E-state index >= 15 is 0 Å². The summed E-state index contributed by atoms with van der Waals surface area (Å²) in [6, 6.07) is 7.36. The highest BCUT2D eigenvalue weighted by Gasteiger charge is 2.23. The summed E-state index contributed by atoms with van der Waals surface area (Å²) in [5.41, 5.74) is 4.42. The van der Waals surface area contributed by atoms with Crippen LogP contribution in [0.2, 0.25) is 0 Å². The lowest BCUT2D eigenvalue weighted by molar-refractivity contribution is -0.386. The highest BCUT2D eigenvalue weighted by atomic mass is 16.6. The van der Waals surface area contributed by atoms with Crippen LogP contribution in [0.4, 0.5) is 17.1 Å². The van der Waals surface area contributed by atoms with Gasteiger partial charge in [-0.3, -0.25) is 19.7 Å². The molecule has 244 valence electrons. The number of carbonyl (C=O) groups is 4. The molecular weight excluding hydrogens is 610 g/mol. The number of nitrogens with two attached hydrogens (primary N) is 1. The van der Waals surface area contributed by atoms with Gasteiger partial charge in [0.1, 0.15) is 22.8 Å². The first kappa shape index (κ1) is 34.6. The predicted octanol–water partition coefficient (Wildman–Crippen LogP) is 2.30. The van der Waals surface area contributed by atoms with Crippen LogP contribution in [0.25, 0.3) is 0 Å². The average molecular weight is 642 g/mol. The van der Waals surface area contributed by atoms with E-state index in [4.69, 9.17) is 25.1 Å². The number of ether oxygens (including phenoxy) is 4. The van der Waals surface area contributed by atoms with Gasteiger partial charge in [0.05, 0.1) is 25.2 Å². The minimum atomic E-state index is -1.33. The zero-order valence-electron chi connectivity index (χ0n) is 25.0. The fourth-order valence-electron chi connectivity index (χ4n) is 3.44. The zero-order chi connectivity index (χ0) is 33.8. The van der Waals surface area contributed by atoms with E-state index < -0.39 is 41.0 Å². The summed E-state index contributed by atoms with van der Waals surface area (Å²) in [5, 5.41) is 25.4. The molecule has 0 spiro atoms. The van der Waals surface area contributed by atoms with Gasteiger partial charge in [0, 0.05) is 6.07 Å². The number of pyridine rings is 3. The molecule has 5 N–H and O–H groups in total. The summed E-state index contributed by atoms with van der Waals surface area (Å²) in [5.74, 6) is -4.52. The molecule has 0 saturated heterocycles. The van der Waals surface area contributed by atoms with Crippen LogP contribution in [0.5, 0.6) is 17.6 Å². The Balaban J connectivity index is 1.89. The van der Waals surface area contributed by atoms with Crippen molar-refractivity contribution >= 4 is 40.8 Å². The van der Waals surface area contributed by atoms with E-state index in [-0.39, 0.29) is 71.8 Å². The number of hydrogen-bond donors (Lipinski definition) is 4. The van der Waals surface area contributed by atoms with Crippen molar-refractivity contribution < 1.29 is 48.2 Å². The largest absolute Gasteiger partial charge is 0.479 e. The summed E-state index contributed by atoms with van der Waals surface area (Å²) in [7, 11) is 1.13. The number of aromatic nitrogens is 3. The second-order valence-corrected chi connectivity index (χ2v) is 9.65. The number of carboxylic acid groups (broad SMARTS) is 1. The molecule has 0 saturated carbocycles. The molecule has 46 heavy (non-hydrogen) atoms. The van der Waals surface area contributed by atoms with Crippen LogP contribution in [-0.2, 0) is 9.53 Å². The Labute approximate surface area is 261 Å². The van der Waals surface area contributed by atoms with E-state index in [1.807, 2.05) is 13.8 Å². The summed E-state index contributed by atoms with van der Waals surface area (Å²) >= 11 is 0. The highest BCUT2D eigenvalue weighted by molar-refractivity contribution is 6.06. The third-order valence-electron chi connectivity index (χ3n) is 5.59. The average Bonchev–Trinajstić information content (AvgIpc) is 3.03. The number of nitrogens with zero attached hydrogens (tertiary/aromatic N) is 4. The number of hydrogen-bond acceptors (Lipinski definition) is 14. The number of esters is 1. The summed E-state index contributed by atoms with van der Waals surface area (Å²) in [6.07, 6.45) is 0.406. The molecule has 3 heterocycles. The van der Waals surface area contributed by atoms with Gasteiger partial charge in [0.25, 0.3) is 17.7 Å². The van der Waals surface area contributed by atoms with E-state index in [1.165, 1.54) is 24.3 Å². The van der Waals surface area contributed by atoms with Crippen LogP contribution >= 0.6 is 0 Å². The minimum Gasteiger partial charge on any atom is -0.479 e. The SMILES string of the molecule is COC(=O)c1ccc(NC(=O)c2ccc(NC(=O)c3ccc([N+](=O)[O-])c(OCCCN)n3)c(OCC(C)C)n2)c(OCC(=O)O)n1. The second-order valence-electron chi connectivity index (χ2n) is 9.65. The normalized spacial score (nSPS) is 10.5. The van der Waals surface area contributed by atoms with Gasteiger partial charge in [0.15, 0.2) is 12.3 Å². The molecule has 2 amide bonds. The molecular formula is C28H31N7O11. The first-order valence-corrected chi connectivity index (χ1v) is 13.6. The first-order valence-electron chi connectivity index (χ1n) is 13.6. The van der Waals surface area contributed by atoms with Crippen molar-refractivity contribution in [3.8, 4) is 17.6 Å². The molecule has 3 aromatic heterocycles. The van der Waals surface area contributed by atoms with Gasteiger partial charge in [-0.1, -0.05) is 13.8 Å². The van der Waals surface area contributed by atoms with Gasteiger partial charge >= 0.3 is 17.6 Å². The van der Waals surface area contributed by atoms with E-state index in [9.17, 15) is 29.3 Å². The van der Waals surface area contributed by atoms with Gasteiger partial charge < -0.3 is 40.4 Å². The van der Waals surface area contributed by atoms with Crippen molar-refractivity contribution in [1.29, 1.82) is 0 Å². The maximum absolute atomic E-state index is 13.2. The molecule has 0 radical (unpaired) electrons. The van der Waals surface area contributed by atoms with Crippen molar-refractivity contribution in [2.24, 2.45) is 11.7 Å². The van der Waals surface area contributed by atoms with Gasteiger partial charge in [0.2, 0.25) is 11.8 Å². The molecule has 3 aromatic rings. The van der Waals surface area contributed by atoms with Gasteiger partial charge in [-0.2, -0.15) is 0 Å². The number of aliphatic carboxylic acids is 1. The molecule has 18 nitrogen and oxygen atoms in total. The molecule has 0 aromatic carbocycles. The number of nitro groups is 1. The number of amides is 2. The molecule has 3 rings (SSSR count). The number of carbonyl (C=O) groups excluding carboxylic acids is 3. The summed E-state index contributed by atoms with van der Waals surface area (Å²) in [6.45, 7) is 3.41. The first-order chi connectivity index (χ1) is 21.9. The van der Waals surface area contributed by atoms with E-state index in [2.05, 4.69) is 30.3 Å². The highest BCUT2D eigenvalue weighted by Crippen LogP contribution is 2.28. The van der Waals surface area contributed by atoms with Crippen molar-refractivity contribution in [1.82, 2.24) is 15.0 Å². The molecule has 0 aliphatic rings.